The summed E-state index contributed by atoms with van der Waals surface area (Å²) in [5.74, 6) is 1.20. The molecule has 2 rings (SSSR count). The number of nitrogens with zero attached hydrogens (tertiary/aromatic N) is 1. The van der Waals surface area contributed by atoms with E-state index in [1.165, 1.54) is 0 Å². The summed E-state index contributed by atoms with van der Waals surface area (Å²) in [4.78, 5) is 4.02. The van der Waals surface area contributed by atoms with E-state index in [4.69, 9.17) is 20.6 Å². The smallest absolute Gasteiger partial charge is 0.149 e. The zero-order valence-electron chi connectivity index (χ0n) is 10.6. The molecule has 1 aromatic heterocycles. The number of hydrogen-bond acceptors (Lipinski definition) is 4. The highest BCUT2D eigenvalue weighted by atomic mass is 16.5. The van der Waals surface area contributed by atoms with Crippen molar-refractivity contribution in [2.45, 2.75) is 6.61 Å². The lowest BCUT2D eigenvalue weighted by atomic mass is 10.2. The standard InChI is InChI=1S/C14H15N3O2/c1-18-11-6-4-10(5-7-11)9-19-12-3-2-8-17-13(12)14(15)16/h2-8H,9H2,1H3,(H3,15,16). The van der Waals surface area contributed by atoms with E-state index in [0.717, 1.165) is 11.3 Å². The van der Waals surface area contributed by atoms with Crippen LogP contribution in [0.1, 0.15) is 11.3 Å². The van der Waals surface area contributed by atoms with Crippen molar-refractivity contribution in [1.82, 2.24) is 4.98 Å². The number of amidine groups is 1. The summed E-state index contributed by atoms with van der Waals surface area (Å²) < 4.78 is 10.7. The van der Waals surface area contributed by atoms with E-state index in [0.29, 0.717) is 18.1 Å². The number of hydrogen-bond donors (Lipinski definition) is 2. The van der Waals surface area contributed by atoms with E-state index in [1.807, 2.05) is 24.3 Å². The minimum atomic E-state index is -0.106. The number of benzene rings is 1. The first kappa shape index (κ1) is 12.9. The van der Waals surface area contributed by atoms with E-state index in [2.05, 4.69) is 4.98 Å². The average Bonchev–Trinajstić information content (AvgIpc) is 2.46. The molecule has 0 spiro atoms. The molecule has 0 unspecified atom stereocenters. The molecule has 0 saturated carbocycles. The van der Waals surface area contributed by atoms with Gasteiger partial charge in [-0.1, -0.05) is 12.1 Å². The molecule has 1 aromatic carbocycles. The molecule has 0 radical (unpaired) electrons. The molecule has 5 nitrogen and oxygen atoms in total. The molecule has 3 N–H and O–H groups in total. The fraction of sp³-hybridized carbons (Fsp3) is 0.143. The van der Waals surface area contributed by atoms with Gasteiger partial charge >= 0.3 is 0 Å². The fourth-order valence-electron chi connectivity index (χ4n) is 1.59. The van der Waals surface area contributed by atoms with Gasteiger partial charge in [0, 0.05) is 6.20 Å². The highest BCUT2D eigenvalue weighted by Gasteiger charge is 2.07. The second-order valence-electron chi connectivity index (χ2n) is 3.90. The molecule has 19 heavy (non-hydrogen) atoms. The van der Waals surface area contributed by atoms with Gasteiger partial charge in [-0.3, -0.25) is 5.41 Å². The van der Waals surface area contributed by atoms with Gasteiger partial charge in [-0.2, -0.15) is 0 Å². The number of aromatic nitrogens is 1. The second-order valence-corrected chi connectivity index (χ2v) is 3.90. The zero-order chi connectivity index (χ0) is 13.7. The highest BCUT2D eigenvalue weighted by Crippen LogP contribution is 2.17. The normalized spacial score (nSPS) is 9.95. The van der Waals surface area contributed by atoms with Crippen LogP contribution in [0.2, 0.25) is 0 Å². The van der Waals surface area contributed by atoms with Gasteiger partial charge in [-0.15, -0.1) is 0 Å². The third kappa shape index (κ3) is 3.22. The van der Waals surface area contributed by atoms with Gasteiger partial charge in [0.15, 0.2) is 0 Å². The van der Waals surface area contributed by atoms with Gasteiger partial charge < -0.3 is 15.2 Å². The molecule has 5 heteroatoms. The summed E-state index contributed by atoms with van der Waals surface area (Å²) in [5.41, 5.74) is 6.80. The number of nitrogens with two attached hydrogens (primary N) is 1. The van der Waals surface area contributed by atoms with Crippen LogP contribution in [0.15, 0.2) is 42.6 Å². The van der Waals surface area contributed by atoms with E-state index < -0.39 is 0 Å². The maximum atomic E-state index is 7.43. The van der Waals surface area contributed by atoms with Crippen LogP contribution in [-0.4, -0.2) is 17.9 Å². The Hall–Kier alpha value is -2.56. The lowest BCUT2D eigenvalue weighted by Crippen LogP contribution is -2.15. The van der Waals surface area contributed by atoms with E-state index in [-0.39, 0.29) is 5.84 Å². The predicted octanol–water partition coefficient (Wildman–Crippen LogP) is 1.95. The topological polar surface area (TPSA) is 81.2 Å². The van der Waals surface area contributed by atoms with Gasteiger partial charge in [0.25, 0.3) is 0 Å². The third-order valence-electron chi connectivity index (χ3n) is 2.58. The largest absolute Gasteiger partial charge is 0.497 e. The minimum Gasteiger partial charge on any atom is -0.497 e. The molecule has 98 valence electrons. The van der Waals surface area contributed by atoms with Crippen LogP contribution in [0, 0.1) is 5.41 Å². The molecule has 2 aromatic rings. The van der Waals surface area contributed by atoms with Crippen molar-refractivity contribution in [3.05, 3.63) is 53.9 Å². The van der Waals surface area contributed by atoms with Crippen molar-refractivity contribution >= 4 is 5.84 Å². The Balaban J connectivity index is 2.07. The molecule has 0 bridgehead atoms. The Morgan fingerprint density at radius 2 is 2.00 bits per heavy atom. The summed E-state index contributed by atoms with van der Waals surface area (Å²) in [6.45, 7) is 0.385. The van der Waals surface area contributed by atoms with Gasteiger partial charge in [-0.05, 0) is 29.8 Å². The Morgan fingerprint density at radius 3 is 2.63 bits per heavy atom. The van der Waals surface area contributed by atoms with Crippen LogP contribution in [0.25, 0.3) is 0 Å². The number of ether oxygens (including phenoxy) is 2. The number of rotatable bonds is 5. The number of methoxy groups -OCH3 is 1. The Bertz CT molecular complexity index is 567. The molecule has 0 aliphatic heterocycles. The lowest BCUT2D eigenvalue weighted by molar-refractivity contribution is 0.304. The molecule has 0 amide bonds. The van der Waals surface area contributed by atoms with Crippen molar-refractivity contribution in [2.75, 3.05) is 7.11 Å². The van der Waals surface area contributed by atoms with Gasteiger partial charge in [0.05, 0.1) is 7.11 Å². The summed E-state index contributed by atoms with van der Waals surface area (Å²) in [6, 6.07) is 11.1. The molecular formula is C14H15N3O2. The highest BCUT2D eigenvalue weighted by molar-refractivity contribution is 5.95. The SMILES string of the molecule is COc1ccc(COc2cccnc2C(=N)N)cc1. The molecule has 0 aliphatic rings. The Labute approximate surface area is 111 Å². The minimum absolute atomic E-state index is 0.106. The van der Waals surface area contributed by atoms with Crippen molar-refractivity contribution in [2.24, 2.45) is 5.73 Å². The first-order valence-corrected chi connectivity index (χ1v) is 5.76. The van der Waals surface area contributed by atoms with Gasteiger partial charge in [0.2, 0.25) is 0 Å². The summed E-state index contributed by atoms with van der Waals surface area (Å²) in [7, 11) is 1.63. The van der Waals surface area contributed by atoms with Gasteiger partial charge in [-0.25, -0.2) is 4.98 Å². The van der Waals surface area contributed by atoms with E-state index >= 15 is 0 Å². The number of pyridine rings is 1. The predicted molar refractivity (Wildman–Crippen MR) is 72.6 cm³/mol. The average molecular weight is 257 g/mol. The third-order valence-corrected chi connectivity index (χ3v) is 2.58. The summed E-state index contributed by atoms with van der Waals surface area (Å²) in [5, 5.41) is 7.43. The van der Waals surface area contributed by atoms with Crippen LogP contribution in [0.3, 0.4) is 0 Å². The van der Waals surface area contributed by atoms with Crippen molar-refractivity contribution in [3.8, 4) is 11.5 Å². The van der Waals surface area contributed by atoms with Crippen molar-refractivity contribution < 1.29 is 9.47 Å². The van der Waals surface area contributed by atoms with Crippen LogP contribution in [0.4, 0.5) is 0 Å². The second kappa shape index (κ2) is 5.86. The molecular weight excluding hydrogens is 242 g/mol. The molecule has 0 fully saturated rings. The molecule has 0 atom stereocenters. The summed E-state index contributed by atoms with van der Waals surface area (Å²) in [6.07, 6.45) is 1.58. The first-order valence-electron chi connectivity index (χ1n) is 5.76. The Kier molecular flexibility index (Phi) is 3.97. The maximum absolute atomic E-state index is 7.43. The molecule has 1 heterocycles. The van der Waals surface area contributed by atoms with E-state index in [1.54, 1.807) is 25.4 Å². The fourth-order valence-corrected chi connectivity index (χ4v) is 1.59. The van der Waals surface area contributed by atoms with E-state index in [9.17, 15) is 0 Å². The zero-order valence-corrected chi connectivity index (χ0v) is 10.6. The monoisotopic (exact) mass is 257 g/mol. The van der Waals surface area contributed by atoms with Crippen LogP contribution >= 0.6 is 0 Å². The van der Waals surface area contributed by atoms with Crippen LogP contribution in [-0.2, 0) is 6.61 Å². The first-order chi connectivity index (χ1) is 9.20. The quantitative estimate of drug-likeness (QED) is 0.633. The lowest BCUT2D eigenvalue weighted by Gasteiger charge is -2.09. The maximum Gasteiger partial charge on any atom is 0.149 e. The van der Waals surface area contributed by atoms with Crippen LogP contribution < -0.4 is 15.2 Å². The summed E-state index contributed by atoms with van der Waals surface area (Å²) >= 11 is 0. The van der Waals surface area contributed by atoms with Gasteiger partial charge in [0.1, 0.15) is 29.6 Å². The van der Waals surface area contributed by atoms with Crippen molar-refractivity contribution in [1.29, 1.82) is 5.41 Å². The Morgan fingerprint density at radius 1 is 1.26 bits per heavy atom. The number of nitrogens with one attached hydrogen (secondary N) is 1. The molecule has 0 saturated heterocycles. The van der Waals surface area contributed by atoms with Crippen LogP contribution in [0.5, 0.6) is 11.5 Å². The number of nitrogen functional groups attached to an aromatic ring is 1. The molecule has 0 aliphatic carbocycles. The van der Waals surface area contributed by atoms with Crippen molar-refractivity contribution in [3.63, 3.8) is 0 Å².